The smallest absolute Gasteiger partial charge is 0.0674 e. The summed E-state index contributed by atoms with van der Waals surface area (Å²) in [6.07, 6.45) is 7.48. The third-order valence-corrected chi connectivity index (χ3v) is 4.68. The van der Waals surface area contributed by atoms with Gasteiger partial charge in [-0.25, -0.2) is 0 Å². The summed E-state index contributed by atoms with van der Waals surface area (Å²) in [6.45, 7) is 12.3. The lowest BCUT2D eigenvalue weighted by molar-refractivity contribution is -0.0371. The maximum absolute atomic E-state index is 5.67. The van der Waals surface area contributed by atoms with Crippen molar-refractivity contribution in [3.63, 3.8) is 0 Å². The number of ether oxygens (including phenoxy) is 1. The third-order valence-electron chi connectivity index (χ3n) is 4.68. The fraction of sp³-hybridized carbons (Fsp3) is 1.00. The van der Waals surface area contributed by atoms with Gasteiger partial charge in [0.25, 0.3) is 0 Å². The zero-order valence-corrected chi connectivity index (χ0v) is 13.1. The molecule has 0 aromatic rings. The Morgan fingerprint density at radius 1 is 1.26 bits per heavy atom. The Labute approximate surface area is 119 Å². The maximum atomic E-state index is 5.67. The average Bonchev–Trinajstić information content (AvgIpc) is 2.38. The van der Waals surface area contributed by atoms with Crippen LogP contribution in [0.1, 0.15) is 52.9 Å². The van der Waals surface area contributed by atoms with Crippen LogP contribution in [0, 0.1) is 5.41 Å². The van der Waals surface area contributed by atoms with E-state index in [1.54, 1.807) is 0 Å². The Balaban J connectivity index is 1.92. The number of morpholine rings is 1. The fourth-order valence-corrected chi connectivity index (χ4v) is 3.62. The summed E-state index contributed by atoms with van der Waals surface area (Å²) < 4.78 is 5.67. The third kappa shape index (κ3) is 4.73. The number of rotatable bonds is 5. The fourth-order valence-electron chi connectivity index (χ4n) is 3.62. The summed E-state index contributed by atoms with van der Waals surface area (Å²) in [5.41, 5.74) is 0.513. The molecule has 1 saturated carbocycles. The van der Waals surface area contributed by atoms with E-state index in [0.717, 1.165) is 19.7 Å². The first kappa shape index (κ1) is 15.3. The average molecular weight is 268 g/mol. The molecule has 1 atom stereocenters. The van der Waals surface area contributed by atoms with Crippen molar-refractivity contribution in [2.45, 2.75) is 65.0 Å². The minimum absolute atomic E-state index is 0.410. The molecule has 0 aromatic heterocycles. The van der Waals surface area contributed by atoms with Crippen molar-refractivity contribution in [2.75, 3.05) is 32.8 Å². The summed E-state index contributed by atoms with van der Waals surface area (Å²) in [6, 6.07) is 0.599. The summed E-state index contributed by atoms with van der Waals surface area (Å²) >= 11 is 0. The molecule has 2 aliphatic rings. The molecule has 1 saturated heterocycles. The highest BCUT2D eigenvalue weighted by Crippen LogP contribution is 2.37. The molecule has 0 bridgehead atoms. The van der Waals surface area contributed by atoms with Gasteiger partial charge in [0, 0.05) is 32.2 Å². The molecule has 0 aromatic carbocycles. The summed E-state index contributed by atoms with van der Waals surface area (Å²) in [4.78, 5) is 2.64. The van der Waals surface area contributed by atoms with Gasteiger partial charge in [0.05, 0.1) is 12.7 Å². The van der Waals surface area contributed by atoms with E-state index in [9.17, 15) is 0 Å². The Morgan fingerprint density at radius 3 is 2.63 bits per heavy atom. The van der Waals surface area contributed by atoms with E-state index in [4.69, 9.17) is 4.74 Å². The van der Waals surface area contributed by atoms with Gasteiger partial charge in [-0.15, -0.1) is 0 Å². The van der Waals surface area contributed by atoms with Gasteiger partial charge in [-0.05, 0) is 25.2 Å². The Kier molecular flexibility index (Phi) is 5.67. The highest BCUT2D eigenvalue weighted by Gasteiger charge is 2.34. The SMILES string of the molecule is CC(C)NCC1(CN2CCOC(C)C2)CCCCC1. The van der Waals surface area contributed by atoms with Gasteiger partial charge in [0.1, 0.15) is 0 Å². The molecule has 112 valence electrons. The van der Waals surface area contributed by atoms with E-state index >= 15 is 0 Å². The van der Waals surface area contributed by atoms with Gasteiger partial charge in [0.2, 0.25) is 0 Å². The minimum Gasteiger partial charge on any atom is -0.376 e. The van der Waals surface area contributed by atoms with Crippen LogP contribution in [-0.4, -0.2) is 49.8 Å². The predicted molar refractivity (Wildman–Crippen MR) is 80.5 cm³/mol. The van der Waals surface area contributed by atoms with Crippen molar-refractivity contribution in [1.82, 2.24) is 10.2 Å². The largest absolute Gasteiger partial charge is 0.376 e. The molecule has 1 heterocycles. The van der Waals surface area contributed by atoms with Crippen LogP contribution in [0.5, 0.6) is 0 Å². The van der Waals surface area contributed by atoms with Gasteiger partial charge in [-0.2, -0.15) is 0 Å². The van der Waals surface area contributed by atoms with Gasteiger partial charge in [-0.3, -0.25) is 4.90 Å². The topological polar surface area (TPSA) is 24.5 Å². The second-order valence-electron chi connectivity index (χ2n) is 7.01. The van der Waals surface area contributed by atoms with E-state index < -0.39 is 0 Å². The zero-order chi connectivity index (χ0) is 13.7. The van der Waals surface area contributed by atoms with Crippen LogP contribution in [-0.2, 0) is 4.74 Å². The summed E-state index contributed by atoms with van der Waals surface area (Å²) in [5, 5.41) is 3.70. The molecule has 3 heteroatoms. The molecular weight excluding hydrogens is 236 g/mol. The lowest BCUT2D eigenvalue weighted by Crippen LogP contribution is -2.51. The van der Waals surface area contributed by atoms with Gasteiger partial charge < -0.3 is 10.1 Å². The first-order valence-electron chi connectivity index (χ1n) is 8.17. The van der Waals surface area contributed by atoms with E-state index in [1.165, 1.54) is 45.2 Å². The highest BCUT2D eigenvalue weighted by molar-refractivity contribution is 4.89. The van der Waals surface area contributed by atoms with Crippen molar-refractivity contribution >= 4 is 0 Å². The number of hydrogen-bond donors (Lipinski definition) is 1. The Bertz CT molecular complexity index is 261. The van der Waals surface area contributed by atoms with Gasteiger partial charge >= 0.3 is 0 Å². The quantitative estimate of drug-likeness (QED) is 0.829. The normalized spacial score (nSPS) is 28.7. The lowest BCUT2D eigenvalue weighted by atomic mass is 9.73. The standard InChI is InChI=1S/C16H32N2O/c1-14(2)17-12-16(7-5-4-6-8-16)13-18-9-10-19-15(3)11-18/h14-15,17H,4-13H2,1-3H3. The van der Waals surface area contributed by atoms with Crippen LogP contribution < -0.4 is 5.32 Å². The number of nitrogens with zero attached hydrogens (tertiary/aromatic N) is 1. The second-order valence-corrected chi connectivity index (χ2v) is 7.01. The van der Waals surface area contributed by atoms with E-state index in [2.05, 4.69) is 31.0 Å². The molecule has 19 heavy (non-hydrogen) atoms. The van der Waals surface area contributed by atoms with Gasteiger partial charge in [-0.1, -0.05) is 33.1 Å². The van der Waals surface area contributed by atoms with Crippen LogP contribution in [0.25, 0.3) is 0 Å². The molecule has 0 radical (unpaired) electrons. The molecule has 2 fully saturated rings. The molecular formula is C16H32N2O. The molecule has 0 amide bonds. The second kappa shape index (κ2) is 7.05. The van der Waals surface area contributed by atoms with Crippen molar-refractivity contribution < 1.29 is 4.74 Å². The van der Waals surface area contributed by atoms with E-state index in [1.807, 2.05) is 0 Å². The molecule has 1 N–H and O–H groups in total. The molecule has 2 rings (SSSR count). The van der Waals surface area contributed by atoms with Crippen LogP contribution in [0.4, 0.5) is 0 Å². The number of hydrogen-bond acceptors (Lipinski definition) is 3. The van der Waals surface area contributed by atoms with Crippen molar-refractivity contribution in [3.8, 4) is 0 Å². The first-order chi connectivity index (χ1) is 9.10. The summed E-state index contributed by atoms with van der Waals surface area (Å²) in [5.74, 6) is 0. The Hall–Kier alpha value is -0.120. The first-order valence-corrected chi connectivity index (χ1v) is 8.17. The van der Waals surface area contributed by atoms with Crippen LogP contribution >= 0.6 is 0 Å². The van der Waals surface area contributed by atoms with Crippen LogP contribution in [0.3, 0.4) is 0 Å². The van der Waals surface area contributed by atoms with Crippen molar-refractivity contribution in [3.05, 3.63) is 0 Å². The molecule has 0 spiro atoms. The van der Waals surface area contributed by atoms with Crippen molar-refractivity contribution in [1.29, 1.82) is 0 Å². The van der Waals surface area contributed by atoms with Crippen molar-refractivity contribution in [2.24, 2.45) is 5.41 Å². The number of nitrogens with one attached hydrogen (secondary N) is 1. The molecule has 1 unspecified atom stereocenters. The minimum atomic E-state index is 0.410. The predicted octanol–water partition coefficient (Wildman–Crippen LogP) is 2.66. The molecule has 3 nitrogen and oxygen atoms in total. The van der Waals surface area contributed by atoms with Crippen LogP contribution in [0.15, 0.2) is 0 Å². The van der Waals surface area contributed by atoms with Crippen LogP contribution in [0.2, 0.25) is 0 Å². The van der Waals surface area contributed by atoms with Gasteiger partial charge in [0.15, 0.2) is 0 Å². The monoisotopic (exact) mass is 268 g/mol. The molecule has 1 aliphatic heterocycles. The highest BCUT2D eigenvalue weighted by atomic mass is 16.5. The molecule has 1 aliphatic carbocycles. The zero-order valence-electron chi connectivity index (χ0n) is 13.1. The maximum Gasteiger partial charge on any atom is 0.0674 e. The lowest BCUT2D eigenvalue weighted by Gasteiger charge is -2.43. The van der Waals surface area contributed by atoms with E-state index in [-0.39, 0.29) is 0 Å². The van der Waals surface area contributed by atoms with E-state index in [0.29, 0.717) is 17.6 Å². The summed E-state index contributed by atoms with van der Waals surface area (Å²) in [7, 11) is 0. The Morgan fingerprint density at radius 2 is 2.00 bits per heavy atom.